The zero-order chi connectivity index (χ0) is 80.3. The third-order valence-electron chi connectivity index (χ3n) is 16.8. The van der Waals surface area contributed by atoms with Gasteiger partial charge >= 0.3 is 39.5 Å². The molecule has 0 aliphatic rings. The van der Waals surface area contributed by atoms with Crippen LogP contribution in [0.5, 0.6) is 0 Å². The van der Waals surface area contributed by atoms with Gasteiger partial charge in [0.25, 0.3) is 0 Å². The smallest absolute Gasteiger partial charge is 0.462 e. The molecule has 0 bridgehead atoms. The molecule has 3 N–H and O–H groups in total. The molecule has 0 rings (SSSR count). The standard InChI is InChI=1S/C91H148O17P2/c1-5-9-13-17-21-25-29-33-37-40-42-45-49-52-56-60-64-68-72-76-89(94)102-81-86(107-90(95)77-73-69-65-61-57-53-47-36-32-28-24-20-16-12-8-4)83-105-109(97,98)103-79-85(92)80-104-110(99,100)106-84-87(82-101-88(93)75-71-67-63-59-55-51-48-44-39-35-31-27-23-19-15-11-7-3)108-91(96)78-74-70-66-62-58-54-50-46-43-41-38-34-30-26-22-18-14-10-6-2/h9-10,13-14,21-23,25-28,32-35,37-39,42-43,45-46,48,51-52,54,56,58-59,63,85-87,92H,5-8,11-12,15-20,24,29-31,36,40-41,44,47,49-50,53,55,57,60-62,64-84H2,1-4H3,(H,97,98)(H,99,100)/b13-9-,14-10-,25-21-,26-22-,27-23-,32-28-,37-33-,38-34-,39-35-,45-42-,46-43-,51-48-,56-52-,58-54-,63-59-/t85-,86-,87-/m1/s1. The summed E-state index contributed by atoms with van der Waals surface area (Å²) in [4.78, 5) is 73.2. The lowest BCUT2D eigenvalue weighted by Gasteiger charge is -2.21. The molecule has 0 spiro atoms. The zero-order valence-electron chi connectivity index (χ0n) is 68.4. The highest BCUT2D eigenvalue weighted by atomic mass is 31.2. The summed E-state index contributed by atoms with van der Waals surface area (Å²) in [6, 6.07) is 0. The minimum atomic E-state index is -5.01. The van der Waals surface area contributed by atoms with Gasteiger partial charge in [-0.25, -0.2) is 9.13 Å². The summed E-state index contributed by atoms with van der Waals surface area (Å²) in [6.45, 7) is 4.46. The first-order valence-corrected chi connectivity index (χ1v) is 45.0. The van der Waals surface area contributed by atoms with E-state index in [0.29, 0.717) is 32.1 Å². The molecule has 0 saturated carbocycles. The van der Waals surface area contributed by atoms with E-state index in [0.717, 1.165) is 180 Å². The van der Waals surface area contributed by atoms with Crippen LogP contribution >= 0.6 is 15.6 Å². The topological polar surface area (TPSA) is 237 Å². The second-order valence-corrected chi connectivity index (χ2v) is 30.2. The van der Waals surface area contributed by atoms with Crippen LogP contribution in [0.1, 0.15) is 310 Å². The number of unbranched alkanes of at least 4 members (excludes halogenated alkanes) is 21. The van der Waals surface area contributed by atoms with E-state index in [1.165, 1.54) is 44.9 Å². The van der Waals surface area contributed by atoms with Gasteiger partial charge in [-0.15, -0.1) is 0 Å². The summed E-state index contributed by atoms with van der Waals surface area (Å²) in [5, 5.41) is 10.7. The Balaban J connectivity index is 5.51. The van der Waals surface area contributed by atoms with Gasteiger partial charge in [0.1, 0.15) is 19.3 Å². The Morgan fingerprint density at radius 2 is 0.482 bits per heavy atom. The Morgan fingerprint density at radius 1 is 0.264 bits per heavy atom. The summed E-state index contributed by atoms with van der Waals surface area (Å²) in [5.74, 6) is -2.33. The maximum absolute atomic E-state index is 13.1. The lowest BCUT2D eigenvalue weighted by atomic mass is 10.1. The van der Waals surface area contributed by atoms with E-state index in [1.807, 2.05) is 12.2 Å². The van der Waals surface area contributed by atoms with E-state index < -0.39 is 97.5 Å². The summed E-state index contributed by atoms with van der Waals surface area (Å²) < 4.78 is 68.7. The molecular formula is C91H148O17P2. The molecule has 0 aromatic carbocycles. The van der Waals surface area contributed by atoms with Gasteiger partial charge in [-0.1, -0.05) is 287 Å². The molecule has 5 atom stereocenters. The van der Waals surface area contributed by atoms with Crippen molar-refractivity contribution < 1.29 is 80.2 Å². The molecule has 2 unspecified atom stereocenters. The van der Waals surface area contributed by atoms with Gasteiger partial charge < -0.3 is 33.8 Å². The van der Waals surface area contributed by atoms with E-state index in [2.05, 4.69) is 198 Å². The first-order valence-electron chi connectivity index (χ1n) is 42.0. The lowest BCUT2D eigenvalue weighted by molar-refractivity contribution is -0.161. The Bertz CT molecular complexity index is 2800. The number of ether oxygens (including phenoxy) is 4. The third-order valence-corrected chi connectivity index (χ3v) is 18.7. The van der Waals surface area contributed by atoms with Crippen LogP contribution in [0.3, 0.4) is 0 Å². The Hall–Kier alpha value is -5.84. The van der Waals surface area contributed by atoms with Crippen molar-refractivity contribution in [3.8, 4) is 0 Å². The van der Waals surface area contributed by atoms with Crippen LogP contribution in [-0.2, 0) is 65.4 Å². The average Bonchev–Trinajstić information content (AvgIpc) is 0.882. The Morgan fingerprint density at radius 3 is 0.800 bits per heavy atom. The third kappa shape index (κ3) is 80.2. The molecule has 110 heavy (non-hydrogen) atoms. The molecule has 0 aromatic rings. The highest BCUT2D eigenvalue weighted by Gasteiger charge is 2.30. The van der Waals surface area contributed by atoms with Gasteiger partial charge in [0.05, 0.1) is 26.4 Å². The van der Waals surface area contributed by atoms with Crippen LogP contribution in [0.25, 0.3) is 0 Å². The first-order chi connectivity index (χ1) is 53.7. The van der Waals surface area contributed by atoms with E-state index >= 15 is 0 Å². The minimum Gasteiger partial charge on any atom is -0.462 e. The number of esters is 4. The SMILES string of the molecule is CC/C=C\C/C=C\C/C=C\C/C=C\C/C=C\CCCCCC(=O)OC[C@H](COP(=O)(O)OC[C@@H](O)COP(=O)(O)OC[C@@H](COC(=O)CCC/C=C\C/C=C\C/C=C\C/C=C\CCCCC)OC(=O)CCCCC/C=C\C/C=C\C/C=C\C/C=C\C/C=C\CC)OC(=O)CCCCCCCCC/C=C\CCCCCC. The van der Waals surface area contributed by atoms with E-state index in [9.17, 15) is 43.2 Å². The number of carbonyl (C=O) groups is 4. The van der Waals surface area contributed by atoms with Crippen molar-refractivity contribution >= 4 is 39.5 Å². The molecule has 17 nitrogen and oxygen atoms in total. The molecule has 0 amide bonds. The fourth-order valence-corrected chi connectivity index (χ4v) is 12.1. The molecule has 0 heterocycles. The summed E-state index contributed by atoms with van der Waals surface area (Å²) in [5.41, 5.74) is 0. The number of hydrogen-bond acceptors (Lipinski definition) is 15. The molecule has 0 aromatic heterocycles. The largest absolute Gasteiger partial charge is 0.472 e. The van der Waals surface area contributed by atoms with E-state index in [4.69, 9.17) is 37.0 Å². The van der Waals surface area contributed by atoms with Gasteiger partial charge in [0, 0.05) is 25.7 Å². The van der Waals surface area contributed by atoms with Crippen LogP contribution in [0.4, 0.5) is 0 Å². The number of phosphoric ester groups is 2. The van der Waals surface area contributed by atoms with Gasteiger partial charge in [0.15, 0.2) is 12.2 Å². The highest BCUT2D eigenvalue weighted by Crippen LogP contribution is 2.45. The normalized spacial score (nSPS) is 14.7. The maximum Gasteiger partial charge on any atom is 0.472 e. The molecule has 0 aliphatic carbocycles. The van der Waals surface area contributed by atoms with E-state index in [1.54, 1.807) is 0 Å². The molecule has 0 saturated heterocycles. The van der Waals surface area contributed by atoms with Crippen molar-refractivity contribution in [1.29, 1.82) is 0 Å². The monoisotopic (exact) mass is 1580 g/mol. The van der Waals surface area contributed by atoms with Crippen molar-refractivity contribution in [2.24, 2.45) is 0 Å². The fraction of sp³-hybridized carbons (Fsp3) is 0.626. The first kappa shape index (κ1) is 104. The van der Waals surface area contributed by atoms with Crippen molar-refractivity contribution in [2.45, 2.75) is 329 Å². The maximum atomic E-state index is 13.1. The quantitative estimate of drug-likeness (QED) is 0.0169. The molecule has 624 valence electrons. The number of aliphatic hydroxyl groups is 1. The van der Waals surface area contributed by atoms with Crippen molar-refractivity contribution in [3.05, 3.63) is 182 Å². The van der Waals surface area contributed by atoms with Crippen molar-refractivity contribution in [3.63, 3.8) is 0 Å². The molecule has 19 heteroatoms. The number of hydrogen-bond donors (Lipinski definition) is 3. The van der Waals surface area contributed by atoms with Crippen LogP contribution < -0.4 is 0 Å². The van der Waals surface area contributed by atoms with Gasteiger partial charge in [-0.3, -0.25) is 37.3 Å². The van der Waals surface area contributed by atoms with Crippen LogP contribution in [-0.4, -0.2) is 96.7 Å². The molecule has 0 radical (unpaired) electrons. The van der Waals surface area contributed by atoms with Gasteiger partial charge in [-0.05, 0) is 180 Å². The molecule has 0 fully saturated rings. The zero-order valence-corrected chi connectivity index (χ0v) is 70.1. The Labute approximate surface area is 666 Å². The number of rotatable bonds is 77. The highest BCUT2D eigenvalue weighted by molar-refractivity contribution is 7.47. The molecular weight excluding hydrogens is 1430 g/mol. The number of allylic oxidation sites excluding steroid dienone is 30. The van der Waals surface area contributed by atoms with Crippen LogP contribution in [0, 0.1) is 0 Å². The summed E-state index contributed by atoms with van der Waals surface area (Å²) in [6.07, 6.45) is 98.6. The minimum absolute atomic E-state index is 0.0367. The Kier molecular flexibility index (Phi) is 76.9. The van der Waals surface area contributed by atoms with Gasteiger partial charge in [-0.2, -0.15) is 0 Å². The fourth-order valence-electron chi connectivity index (χ4n) is 10.5. The number of aliphatic hydroxyl groups excluding tert-OH is 1. The number of carbonyl (C=O) groups excluding carboxylic acids is 4. The van der Waals surface area contributed by atoms with Crippen molar-refractivity contribution in [2.75, 3.05) is 39.6 Å². The number of phosphoric acid groups is 2. The average molecular weight is 1580 g/mol. The van der Waals surface area contributed by atoms with E-state index in [-0.39, 0.29) is 25.7 Å². The predicted molar refractivity (Wildman–Crippen MR) is 454 cm³/mol. The van der Waals surface area contributed by atoms with Crippen LogP contribution in [0.2, 0.25) is 0 Å². The second-order valence-electron chi connectivity index (χ2n) is 27.3. The van der Waals surface area contributed by atoms with Crippen molar-refractivity contribution in [1.82, 2.24) is 0 Å². The van der Waals surface area contributed by atoms with Crippen LogP contribution in [0.15, 0.2) is 182 Å². The summed E-state index contributed by atoms with van der Waals surface area (Å²) >= 11 is 0. The lowest BCUT2D eigenvalue weighted by Crippen LogP contribution is -2.30. The second kappa shape index (κ2) is 81.2. The summed E-state index contributed by atoms with van der Waals surface area (Å²) in [7, 11) is -10.0. The molecule has 0 aliphatic heterocycles. The predicted octanol–water partition coefficient (Wildman–Crippen LogP) is 25.1. The van der Waals surface area contributed by atoms with Gasteiger partial charge in [0.2, 0.25) is 0 Å².